The van der Waals surface area contributed by atoms with E-state index in [9.17, 15) is 0 Å². The molecule has 56 valence electrons. The van der Waals surface area contributed by atoms with Crippen molar-refractivity contribution in [3.8, 4) is 0 Å². The van der Waals surface area contributed by atoms with Crippen molar-refractivity contribution < 1.29 is 17.3 Å². The Morgan fingerprint density at radius 1 is 1.18 bits per heavy atom. The van der Waals surface area contributed by atoms with Crippen molar-refractivity contribution in [3.05, 3.63) is 41.8 Å². The Kier molecular flexibility index (Phi) is 5.63. The van der Waals surface area contributed by atoms with Crippen LogP contribution in [0.5, 0.6) is 0 Å². The van der Waals surface area contributed by atoms with E-state index < -0.39 is 0 Å². The normalized spacial score (nSPS) is 8.45. The van der Waals surface area contributed by atoms with E-state index in [0.29, 0.717) is 0 Å². The quantitative estimate of drug-likeness (QED) is 0.465. The molecule has 0 aliphatic heterocycles. The van der Waals surface area contributed by atoms with E-state index in [0.717, 1.165) is 22.9 Å². The van der Waals surface area contributed by atoms with Gasteiger partial charge in [-0.2, -0.15) is 24.6 Å². The molecular weight excluding hydrogens is 209 g/mol. The van der Waals surface area contributed by atoms with E-state index in [4.69, 9.17) is 9.69 Å². The number of aryl methyl sites for hydroxylation is 2. The van der Waals surface area contributed by atoms with Gasteiger partial charge in [-0.05, 0) is 6.92 Å². The van der Waals surface area contributed by atoms with E-state index in [1.807, 2.05) is 6.07 Å². The van der Waals surface area contributed by atoms with Gasteiger partial charge in [-0.25, -0.2) is 0 Å². The Labute approximate surface area is 82.7 Å². The summed E-state index contributed by atoms with van der Waals surface area (Å²) < 4.78 is 0. The van der Waals surface area contributed by atoms with Gasteiger partial charge in [0.1, 0.15) is 0 Å². The van der Waals surface area contributed by atoms with E-state index >= 15 is 0 Å². The van der Waals surface area contributed by atoms with Gasteiger partial charge >= 0.3 is 27.0 Å². The Morgan fingerprint density at radius 2 is 1.73 bits per heavy atom. The van der Waals surface area contributed by atoms with Crippen molar-refractivity contribution in [2.75, 3.05) is 0 Å². The first kappa shape index (κ1) is 11.0. The summed E-state index contributed by atoms with van der Waals surface area (Å²) in [5, 5.41) is 0. The molecule has 0 N–H and O–H groups in total. The first-order valence-electron chi connectivity index (χ1n) is 3.36. The fourth-order valence-corrected chi connectivity index (χ4v) is 0.804. The van der Waals surface area contributed by atoms with Crippen LogP contribution in [0.2, 0.25) is 0 Å². The van der Waals surface area contributed by atoms with Crippen LogP contribution >= 0.6 is 9.69 Å². The van der Waals surface area contributed by atoms with Crippen LogP contribution in [0.25, 0.3) is 0 Å². The second-order valence-corrected chi connectivity index (χ2v) is 2.42. The van der Waals surface area contributed by atoms with Crippen molar-refractivity contribution in [2.45, 2.75) is 13.8 Å². The van der Waals surface area contributed by atoms with E-state index in [1.165, 1.54) is 11.1 Å². The van der Waals surface area contributed by atoms with E-state index in [2.05, 4.69) is 32.9 Å². The number of halogens is 1. The van der Waals surface area contributed by atoms with Crippen LogP contribution in [0.1, 0.15) is 16.7 Å². The van der Waals surface area contributed by atoms with Crippen LogP contribution in [-0.4, -0.2) is 0 Å². The number of hydrogen-bond acceptors (Lipinski definition) is 0. The minimum atomic E-state index is 0.847. The first-order valence-corrected chi connectivity index (χ1v) is 7.26. The van der Waals surface area contributed by atoms with Gasteiger partial charge in [0, 0.05) is 0 Å². The molecule has 0 atom stereocenters. The molecule has 0 fully saturated rings. The van der Waals surface area contributed by atoms with E-state index in [-0.39, 0.29) is 0 Å². The molecule has 2 heteroatoms. The van der Waals surface area contributed by atoms with Crippen molar-refractivity contribution in [2.24, 2.45) is 0 Å². The molecule has 0 bridgehead atoms. The zero-order valence-electron chi connectivity index (χ0n) is 7.02. The molecule has 0 saturated heterocycles. The molecule has 0 nitrogen and oxygen atoms in total. The fourth-order valence-electron chi connectivity index (χ4n) is 0.804. The van der Waals surface area contributed by atoms with Crippen LogP contribution in [0.15, 0.2) is 18.2 Å². The average molecular weight is 220 g/mol. The maximum absolute atomic E-state index is 4.76. The van der Waals surface area contributed by atoms with Crippen molar-refractivity contribution in [1.82, 2.24) is 0 Å². The summed E-state index contributed by atoms with van der Waals surface area (Å²) in [4.78, 5) is 0. The summed E-state index contributed by atoms with van der Waals surface area (Å²) in [6.45, 7) is 8.03. The van der Waals surface area contributed by atoms with Crippen molar-refractivity contribution in [3.63, 3.8) is 0 Å². The topological polar surface area (TPSA) is 0 Å². The Bertz CT molecular complexity index is 221. The zero-order chi connectivity index (χ0) is 8.85. The molecule has 1 rings (SSSR count). The molecule has 0 radical (unpaired) electrons. The van der Waals surface area contributed by atoms with Gasteiger partial charge < -0.3 is 0 Å². The van der Waals surface area contributed by atoms with Gasteiger partial charge in [0.25, 0.3) is 0 Å². The Hall–Kier alpha value is 0.00338. The first-order chi connectivity index (χ1) is 5.20. The van der Waals surface area contributed by atoms with Gasteiger partial charge in [-0.3, -0.25) is 0 Å². The molecule has 0 spiro atoms. The number of rotatable bonds is 0. The Morgan fingerprint density at radius 3 is 2.09 bits per heavy atom. The monoisotopic (exact) mass is 218 g/mol. The summed E-state index contributed by atoms with van der Waals surface area (Å²) in [5.41, 5.74) is 3.75. The van der Waals surface area contributed by atoms with Crippen LogP contribution in [-0.2, 0) is 17.3 Å². The van der Waals surface area contributed by atoms with Crippen molar-refractivity contribution >= 4 is 9.69 Å². The molecule has 11 heavy (non-hydrogen) atoms. The molecule has 1 aromatic rings. The summed E-state index contributed by atoms with van der Waals surface area (Å²) in [5.74, 6) is 0. The third kappa shape index (κ3) is 3.79. The van der Waals surface area contributed by atoms with Crippen LogP contribution in [0.3, 0.4) is 0 Å². The maximum atomic E-state index is 4.76. The molecule has 0 aliphatic rings. The van der Waals surface area contributed by atoms with Crippen LogP contribution in [0, 0.1) is 20.8 Å². The SMILES string of the molecule is [CH2-]c1ccc(C)c(C)c1.[Cl][Zn+]. The summed E-state index contributed by atoms with van der Waals surface area (Å²) >= 11 is 0.847. The van der Waals surface area contributed by atoms with Gasteiger partial charge in [0.15, 0.2) is 0 Å². The van der Waals surface area contributed by atoms with Crippen molar-refractivity contribution in [1.29, 1.82) is 0 Å². The molecule has 0 aromatic heterocycles. The van der Waals surface area contributed by atoms with E-state index in [1.54, 1.807) is 0 Å². The second kappa shape index (κ2) is 5.63. The molecule has 1 aromatic carbocycles. The molecular formula is C9H11ClZn. The second-order valence-electron chi connectivity index (χ2n) is 2.42. The van der Waals surface area contributed by atoms with Gasteiger partial charge in [-0.1, -0.05) is 12.5 Å². The van der Waals surface area contributed by atoms with Crippen LogP contribution < -0.4 is 0 Å². The zero-order valence-corrected chi connectivity index (χ0v) is 10.7. The predicted octanol–water partition coefficient (Wildman–Crippen LogP) is 3.17. The van der Waals surface area contributed by atoms with Crippen LogP contribution in [0.4, 0.5) is 0 Å². The third-order valence-corrected chi connectivity index (χ3v) is 1.57. The molecule has 0 heterocycles. The average Bonchev–Trinajstić information content (AvgIpc) is 2.02. The molecule has 0 aliphatic carbocycles. The minimum absolute atomic E-state index is 0.847. The summed E-state index contributed by atoms with van der Waals surface area (Å²) in [6.07, 6.45) is 0. The summed E-state index contributed by atoms with van der Waals surface area (Å²) in [7, 11) is 4.76. The predicted molar refractivity (Wildman–Crippen MR) is 46.2 cm³/mol. The Balaban J connectivity index is 0.000000461. The standard InChI is InChI=1S/C9H11.ClH.Zn/c1-7-4-5-8(2)9(3)6-7;;/h4-6H,1H2,2-3H3;1H;/q-1;;+2/p-1. The van der Waals surface area contributed by atoms with Gasteiger partial charge in [-0.15, -0.1) is 11.6 Å². The fraction of sp³-hybridized carbons (Fsp3) is 0.222. The number of benzene rings is 1. The molecule has 0 amide bonds. The van der Waals surface area contributed by atoms with Gasteiger partial charge in [0.05, 0.1) is 0 Å². The summed E-state index contributed by atoms with van der Waals surface area (Å²) in [6, 6.07) is 6.22. The molecule has 0 saturated carbocycles. The molecule has 0 unspecified atom stereocenters. The van der Waals surface area contributed by atoms with Gasteiger partial charge in [0.2, 0.25) is 0 Å². The third-order valence-electron chi connectivity index (χ3n) is 1.57. The number of hydrogen-bond donors (Lipinski definition) is 0.